The maximum absolute atomic E-state index is 11.6. The van der Waals surface area contributed by atoms with E-state index in [4.69, 9.17) is 0 Å². The smallest absolute Gasteiger partial charge is 0.102 e. The van der Waals surface area contributed by atoms with E-state index >= 15 is 0 Å². The van der Waals surface area contributed by atoms with Crippen LogP contribution in [0.3, 0.4) is 0 Å². The summed E-state index contributed by atoms with van der Waals surface area (Å²) in [6, 6.07) is 4.02. The van der Waals surface area contributed by atoms with Crippen LogP contribution < -0.4 is 5.32 Å². The first-order valence-corrected chi connectivity index (χ1v) is 4.95. The molecular formula is C7H9BrFNS. The largest absolute Gasteiger partial charge is 0.309 e. The molecule has 0 aliphatic carbocycles. The third-order valence-electron chi connectivity index (χ3n) is 1.20. The van der Waals surface area contributed by atoms with Crippen molar-refractivity contribution in [1.29, 1.82) is 0 Å². The highest BCUT2D eigenvalue weighted by molar-refractivity contribution is 9.11. The van der Waals surface area contributed by atoms with Gasteiger partial charge in [0.25, 0.3) is 0 Å². The zero-order chi connectivity index (χ0) is 8.10. The Morgan fingerprint density at radius 3 is 2.91 bits per heavy atom. The second kappa shape index (κ2) is 4.85. The van der Waals surface area contributed by atoms with Crippen molar-refractivity contribution in [2.45, 2.75) is 6.54 Å². The van der Waals surface area contributed by atoms with Crippen molar-refractivity contribution in [2.75, 3.05) is 13.2 Å². The van der Waals surface area contributed by atoms with Crippen LogP contribution >= 0.6 is 27.3 Å². The van der Waals surface area contributed by atoms with E-state index < -0.39 is 0 Å². The van der Waals surface area contributed by atoms with Crippen LogP contribution in [-0.2, 0) is 6.54 Å². The van der Waals surface area contributed by atoms with Gasteiger partial charge in [0, 0.05) is 18.0 Å². The summed E-state index contributed by atoms with van der Waals surface area (Å²) in [5.41, 5.74) is 0. The Hall–Kier alpha value is 0.0700. The maximum atomic E-state index is 11.6. The number of alkyl halides is 1. The Balaban J connectivity index is 2.27. The van der Waals surface area contributed by atoms with Crippen LogP contribution in [0.4, 0.5) is 4.39 Å². The fourth-order valence-electron chi connectivity index (χ4n) is 0.725. The van der Waals surface area contributed by atoms with Crippen molar-refractivity contribution in [3.63, 3.8) is 0 Å². The van der Waals surface area contributed by atoms with Crippen LogP contribution in [0.25, 0.3) is 0 Å². The summed E-state index contributed by atoms with van der Waals surface area (Å²) in [4.78, 5) is 1.23. The first kappa shape index (κ1) is 9.16. The van der Waals surface area contributed by atoms with Crippen molar-refractivity contribution in [2.24, 2.45) is 0 Å². The molecule has 1 N–H and O–H groups in total. The van der Waals surface area contributed by atoms with Crippen LogP contribution in [0.15, 0.2) is 15.9 Å². The van der Waals surface area contributed by atoms with Gasteiger partial charge in [-0.25, -0.2) is 4.39 Å². The first-order chi connectivity index (χ1) is 5.33. The van der Waals surface area contributed by atoms with Gasteiger partial charge < -0.3 is 5.32 Å². The monoisotopic (exact) mass is 237 g/mol. The van der Waals surface area contributed by atoms with E-state index in [0.29, 0.717) is 6.54 Å². The van der Waals surface area contributed by atoms with Crippen molar-refractivity contribution in [1.82, 2.24) is 5.32 Å². The lowest BCUT2D eigenvalue weighted by Gasteiger charge is -1.96. The Morgan fingerprint density at radius 2 is 2.36 bits per heavy atom. The van der Waals surface area contributed by atoms with Crippen LogP contribution in [0, 0.1) is 0 Å². The molecule has 1 rings (SSSR count). The average molecular weight is 238 g/mol. The van der Waals surface area contributed by atoms with Gasteiger partial charge in [0.1, 0.15) is 6.67 Å². The zero-order valence-corrected chi connectivity index (χ0v) is 8.34. The minimum absolute atomic E-state index is 0.299. The Kier molecular flexibility index (Phi) is 4.04. The number of hydrogen-bond acceptors (Lipinski definition) is 2. The predicted octanol–water partition coefficient (Wildman–Crippen LogP) is 2.57. The van der Waals surface area contributed by atoms with E-state index in [-0.39, 0.29) is 6.67 Å². The summed E-state index contributed by atoms with van der Waals surface area (Å²) >= 11 is 5.03. The first-order valence-electron chi connectivity index (χ1n) is 3.34. The summed E-state index contributed by atoms with van der Waals surface area (Å²) in [5.74, 6) is 0. The molecule has 0 fully saturated rings. The lowest BCUT2D eigenvalue weighted by Crippen LogP contribution is -2.14. The molecular weight excluding hydrogens is 229 g/mol. The Bertz CT molecular complexity index is 214. The second-order valence-electron chi connectivity index (χ2n) is 2.07. The molecule has 0 radical (unpaired) electrons. The fraction of sp³-hybridized carbons (Fsp3) is 0.429. The molecule has 0 atom stereocenters. The normalized spacial score (nSPS) is 10.4. The molecule has 1 aromatic heterocycles. The van der Waals surface area contributed by atoms with Gasteiger partial charge in [-0.2, -0.15) is 0 Å². The van der Waals surface area contributed by atoms with E-state index in [1.807, 2.05) is 12.1 Å². The van der Waals surface area contributed by atoms with Crippen molar-refractivity contribution >= 4 is 27.3 Å². The van der Waals surface area contributed by atoms with Gasteiger partial charge in [0.2, 0.25) is 0 Å². The van der Waals surface area contributed by atoms with Crippen molar-refractivity contribution in [3.05, 3.63) is 20.8 Å². The highest BCUT2D eigenvalue weighted by Crippen LogP contribution is 2.21. The molecule has 0 unspecified atom stereocenters. The second-order valence-corrected chi connectivity index (χ2v) is 4.62. The summed E-state index contributed by atoms with van der Waals surface area (Å²) in [7, 11) is 0. The molecule has 0 aliphatic heterocycles. The van der Waals surface area contributed by atoms with E-state index in [1.54, 1.807) is 11.3 Å². The van der Waals surface area contributed by atoms with E-state index in [2.05, 4.69) is 21.2 Å². The van der Waals surface area contributed by atoms with Crippen LogP contribution in [0.5, 0.6) is 0 Å². The summed E-state index contributed by atoms with van der Waals surface area (Å²) < 4.78 is 12.8. The quantitative estimate of drug-likeness (QED) is 0.795. The SMILES string of the molecule is FCCNCc1ccc(Br)s1. The van der Waals surface area contributed by atoms with Crippen LogP contribution in [0.2, 0.25) is 0 Å². The molecule has 0 amide bonds. The molecule has 62 valence electrons. The lowest BCUT2D eigenvalue weighted by molar-refractivity contribution is 0.467. The topological polar surface area (TPSA) is 12.0 Å². The van der Waals surface area contributed by atoms with Gasteiger partial charge in [-0.3, -0.25) is 0 Å². The fourth-order valence-corrected chi connectivity index (χ4v) is 2.18. The van der Waals surface area contributed by atoms with E-state index in [9.17, 15) is 4.39 Å². The molecule has 0 spiro atoms. The Morgan fingerprint density at radius 1 is 1.55 bits per heavy atom. The predicted molar refractivity (Wildman–Crippen MR) is 49.7 cm³/mol. The highest BCUT2D eigenvalue weighted by Gasteiger charge is 1.95. The van der Waals surface area contributed by atoms with Crippen molar-refractivity contribution < 1.29 is 4.39 Å². The summed E-state index contributed by atoms with van der Waals surface area (Å²) in [5, 5.41) is 2.98. The molecule has 1 nitrogen and oxygen atoms in total. The number of rotatable bonds is 4. The van der Waals surface area contributed by atoms with Gasteiger partial charge in [-0.1, -0.05) is 0 Å². The van der Waals surface area contributed by atoms with Gasteiger partial charge in [0.15, 0.2) is 0 Å². The van der Waals surface area contributed by atoms with Crippen LogP contribution in [-0.4, -0.2) is 13.2 Å². The van der Waals surface area contributed by atoms with E-state index in [0.717, 1.165) is 10.3 Å². The maximum Gasteiger partial charge on any atom is 0.102 e. The van der Waals surface area contributed by atoms with E-state index in [1.165, 1.54) is 4.88 Å². The molecule has 1 heterocycles. The highest BCUT2D eigenvalue weighted by atomic mass is 79.9. The minimum atomic E-state index is -0.299. The standard InChI is InChI=1S/C7H9BrFNS/c8-7-2-1-6(11-7)5-10-4-3-9/h1-2,10H,3-5H2. The van der Waals surface area contributed by atoms with Gasteiger partial charge in [-0.15, -0.1) is 11.3 Å². The average Bonchev–Trinajstić information content (AvgIpc) is 2.37. The lowest BCUT2D eigenvalue weighted by atomic mass is 10.4. The molecule has 1 aromatic rings. The number of nitrogens with one attached hydrogen (secondary N) is 1. The van der Waals surface area contributed by atoms with Crippen LogP contribution in [0.1, 0.15) is 4.88 Å². The molecule has 0 saturated heterocycles. The summed E-state index contributed by atoms with van der Waals surface area (Å²) in [6.45, 7) is 0.905. The third kappa shape index (κ3) is 3.31. The van der Waals surface area contributed by atoms with Gasteiger partial charge >= 0.3 is 0 Å². The molecule has 11 heavy (non-hydrogen) atoms. The number of thiophene rings is 1. The molecule has 0 bridgehead atoms. The molecule has 0 aliphatic rings. The van der Waals surface area contributed by atoms with Gasteiger partial charge in [0.05, 0.1) is 3.79 Å². The number of hydrogen-bond donors (Lipinski definition) is 1. The zero-order valence-electron chi connectivity index (χ0n) is 5.94. The molecule has 0 aromatic carbocycles. The molecule has 4 heteroatoms. The molecule has 0 saturated carbocycles. The summed E-state index contributed by atoms with van der Waals surface area (Å²) in [6.07, 6.45) is 0. The number of halogens is 2. The van der Waals surface area contributed by atoms with Crippen molar-refractivity contribution in [3.8, 4) is 0 Å². The van der Waals surface area contributed by atoms with Gasteiger partial charge in [-0.05, 0) is 28.1 Å². The third-order valence-corrected chi connectivity index (χ3v) is 2.82. The minimum Gasteiger partial charge on any atom is -0.309 e. The Labute approximate surface area is 77.7 Å².